The lowest BCUT2D eigenvalue weighted by molar-refractivity contribution is -0.132. The van der Waals surface area contributed by atoms with Crippen molar-refractivity contribution in [3.05, 3.63) is 100 Å². The van der Waals surface area contributed by atoms with Crippen LogP contribution in [-0.4, -0.2) is 36.0 Å². The third kappa shape index (κ3) is 4.85. The summed E-state index contributed by atoms with van der Waals surface area (Å²) < 4.78 is 10.6. The van der Waals surface area contributed by atoms with E-state index in [2.05, 4.69) is 0 Å². The molecule has 1 aliphatic heterocycles. The van der Waals surface area contributed by atoms with Gasteiger partial charge in [-0.2, -0.15) is 0 Å². The maximum atomic E-state index is 13.4. The summed E-state index contributed by atoms with van der Waals surface area (Å²) in [6, 6.07) is 18.0. The number of rotatable bonds is 6. The number of esters is 1. The number of anilines is 1. The van der Waals surface area contributed by atoms with E-state index in [9.17, 15) is 19.5 Å². The molecule has 1 heterocycles. The minimum absolute atomic E-state index is 0.00726. The number of ketones is 1. The quantitative estimate of drug-likeness (QED) is 0.208. The number of amides is 1. The van der Waals surface area contributed by atoms with Crippen molar-refractivity contribution in [3.8, 4) is 5.75 Å². The molecule has 0 spiro atoms. The maximum Gasteiger partial charge on any atom is 0.338 e. The number of benzene rings is 3. The molecule has 4 rings (SSSR count). The zero-order valence-corrected chi connectivity index (χ0v) is 21.4. The molecule has 37 heavy (non-hydrogen) atoms. The molecular weight excluding hydrogens is 470 g/mol. The average Bonchev–Trinajstić information content (AvgIpc) is 3.15. The molecule has 1 fully saturated rings. The first-order chi connectivity index (χ1) is 17.6. The van der Waals surface area contributed by atoms with Crippen molar-refractivity contribution in [3.63, 3.8) is 0 Å². The summed E-state index contributed by atoms with van der Waals surface area (Å²) in [7, 11) is 1.57. The third-order valence-corrected chi connectivity index (χ3v) is 6.28. The molecule has 1 N–H and O–H groups in total. The molecule has 0 aromatic heterocycles. The number of nitrogens with zero attached hydrogens (tertiary/aromatic N) is 1. The fourth-order valence-electron chi connectivity index (χ4n) is 4.50. The fraction of sp³-hybridized carbons (Fsp3) is 0.233. The van der Waals surface area contributed by atoms with Gasteiger partial charge in [-0.05, 0) is 80.8 Å². The van der Waals surface area contributed by atoms with Crippen molar-refractivity contribution in [2.45, 2.75) is 39.8 Å². The van der Waals surface area contributed by atoms with Crippen LogP contribution in [0.5, 0.6) is 5.75 Å². The Morgan fingerprint density at radius 1 is 0.946 bits per heavy atom. The van der Waals surface area contributed by atoms with Crippen LogP contribution in [0.2, 0.25) is 0 Å². The Labute approximate surface area is 215 Å². The van der Waals surface area contributed by atoms with Gasteiger partial charge in [-0.1, -0.05) is 30.3 Å². The van der Waals surface area contributed by atoms with Crippen molar-refractivity contribution in [1.82, 2.24) is 0 Å². The first-order valence-electron chi connectivity index (χ1n) is 12.0. The van der Waals surface area contributed by atoms with Gasteiger partial charge in [0.25, 0.3) is 11.7 Å². The number of aliphatic hydroxyl groups excluding tert-OH is 1. The van der Waals surface area contributed by atoms with Crippen molar-refractivity contribution in [1.29, 1.82) is 0 Å². The summed E-state index contributed by atoms with van der Waals surface area (Å²) in [5.74, 6) is -1.63. The molecule has 1 amide bonds. The number of methoxy groups -OCH3 is 1. The SMILES string of the molecule is COc1cc(C)c(/C(O)=C2\C(=O)C(=O)N(c3ccc(C(=O)OC(C)C)cc3)C2c2ccccc2)cc1C. The summed E-state index contributed by atoms with van der Waals surface area (Å²) >= 11 is 0. The first-order valence-corrected chi connectivity index (χ1v) is 12.0. The zero-order valence-electron chi connectivity index (χ0n) is 21.4. The van der Waals surface area contributed by atoms with Crippen LogP contribution in [0.1, 0.15) is 52.5 Å². The molecule has 190 valence electrons. The maximum absolute atomic E-state index is 13.4. The molecule has 1 atom stereocenters. The van der Waals surface area contributed by atoms with E-state index in [1.807, 2.05) is 25.1 Å². The summed E-state index contributed by atoms with van der Waals surface area (Å²) in [4.78, 5) is 40.4. The Morgan fingerprint density at radius 2 is 1.59 bits per heavy atom. The van der Waals surface area contributed by atoms with E-state index in [1.165, 1.54) is 4.90 Å². The number of aryl methyl sites for hydroxylation is 2. The van der Waals surface area contributed by atoms with Crippen LogP contribution in [0.15, 0.2) is 72.3 Å². The topological polar surface area (TPSA) is 93.1 Å². The van der Waals surface area contributed by atoms with E-state index in [0.717, 1.165) is 5.56 Å². The summed E-state index contributed by atoms with van der Waals surface area (Å²) in [5.41, 5.74) is 3.33. The Bertz CT molecular complexity index is 1390. The van der Waals surface area contributed by atoms with Gasteiger partial charge in [0.05, 0.1) is 30.4 Å². The van der Waals surface area contributed by atoms with Crippen molar-refractivity contribution < 1.29 is 29.0 Å². The van der Waals surface area contributed by atoms with Crippen molar-refractivity contribution in [2.24, 2.45) is 0 Å². The Hall–Kier alpha value is -4.39. The smallest absolute Gasteiger partial charge is 0.338 e. The Kier molecular flexibility index (Phi) is 7.16. The highest BCUT2D eigenvalue weighted by molar-refractivity contribution is 6.51. The number of hydrogen-bond donors (Lipinski definition) is 1. The van der Waals surface area contributed by atoms with E-state index >= 15 is 0 Å². The molecule has 0 saturated carbocycles. The second kappa shape index (κ2) is 10.3. The van der Waals surface area contributed by atoms with Crippen LogP contribution in [0, 0.1) is 13.8 Å². The van der Waals surface area contributed by atoms with Gasteiger partial charge >= 0.3 is 5.97 Å². The lowest BCUT2D eigenvalue weighted by Gasteiger charge is -2.25. The molecule has 0 bridgehead atoms. The highest BCUT2D eigenvalue weighted by Gasteiger charge is 2.47. The number of aliphatic hydroxyl groups is 1. The van der Waals surface area contributed by atoms with Gasteiger partial charge in [0.2, 0.25) is 0 Å². The highest BCUT2D eigenvalue weighted by Crippen LogP contribution is 2.43. The number of carbonyl (C=O) groups excluding carboxylic acids is 3. The summed E-state index contributed by atoms with van der Waals surface area (Å²) in [6.07, 6.45) is -0.270. The largest absolute Gasteiger partial charge is 0.507 e. The number of hydrogen-bond acceptors (Lipinski definition) is 6. The molecule has 0 aliphatic carbocycles. The molecule has 0 radical (unpaired) electrons. The van der Waals surface area contributed by atoms with E-state index < -0.39 is 23.7 Å². The van der Waals surface area contributed by atoms with Gasteiger partial charge in [-0.25, -0.2) is 4.79 Å². The van der Waals surface area contributed by atoms with Gasteiger partial charge in [0.15, 0.2) is 0 Å². The van der Waals surface area contributed by atoms with Crippen LogP contribution in [0.3, 0.4) is 0 Å². The highest BCUT2D eigenvalue weighted by atomic mass is 16.5. The first kappa shape index (κ1) is 25.7. The van der Waals surface area contributed by atoms with Gasteiger partial charge < -0.3 is 14.6 Å². The predicted octanol–water partition coefficient (Wildman–Crippen LogP) is 5.50. The number of Topliss-reactive ketones (excluding diaryl/α,β-unsaturated/α-hetero) is 1. The predicted molar refractivity (Wildman–Crippen MR) is 141 cm³/mol. The average molecular weight is 500 g/mol. The number of ether oxygens (including phenoxy) is 2. The minimum Gasteiger partial charge on any atom is -0.507 e. The van der Waals surface area contributed by atoms with E-state index in [1.54, 1.807) is 76.4 Å². The second-order valence-corrected chi connectivity index (χ2v) is 9.22. The van der Waals surface area contributed by atoms with Crippen LogP contribution in [0.4, 0.5) is 5.69 Å². The lowest BCUT2D eigenvalue weighted by atomic mass is 9.93. The van der Waals surface area contributed by atoms with Crippen LogP contribution >= 0.6 is 0 Å². The molecule has 3 aromatic rings. The second-order valence-electron chi connectivity index (χ2n) is 9.22. The molecule has 1 unspecified atom stereocenters. The standard InChI is InChI=1S/C30H29NO6/c1-17(2)37-30(35)21-11-13-22(14-12-21)31-26(20-9-7-6-8-10-20)25(28(33)29(31)34)27(32)23-15-19(4)24(36-5)16-18(23)3/h6-17,26,32H,1-5H3/b27-25+. The Morgan fingerprint density at radius 3 is 2.19 bits per heavy atom. The zero-order chi connectivity index (χ0) is 26.9. The summed E-state index contributed by atoms with van der Waals surface area (Å²) in [6.45, 7) is 7.17. The fourth-order valence-corrected chi connectivity index (χ4v) is 4.50. The van der Waals surface area contributed by atoms with Gasteiger partial charge in [0.1, 0.15) is 11.5 Å². The van der Waals surface area contributed by atoms with Crippen LogP contribution in [0.25, 0.3) is 5.76 Å². The van der Waals surface area contributed by atoms with E-state index in [4.69, 9.17) is 9.47 Å². The summed E-state index contributed by atoms with van der Waals surface area (Å²) in [5, 5.41) is 11.5. The van der Waals surface area contributed by atoms with E-state index in [-0.39, 0.29) is 17.4 Å². The normalized spacial score (nSPS) is 16.8. The monoisotopic (exact) mass is 499 g/mol. The molecular formula is C30H29NO6. The molecule has 1 aliphatic rings. The Balaban J connectivity index is 1.86. The molecule has 7 nitrogen and oxygen atoms in total. The van der Waals surface area contributed by atoms with E-state index in [0.29, 0.717) is 33.7 Å². The van der Waals surface area contributed by atoms with Gasteiger partial charge in [-0.3, -0.25) is 14.5 Å². The van der Waals surface area contributed by atoms with Crippen molar-refractivity contribution >= 4 is 29.1 Å². The minimum atomic E-state index is -0.864. The third-order valence-electron chi connectivity index (χ3n) is 6.28. The molecule has 1 saturated heterocycles. The van der Waals surface area contributed by atoms with Gasteiger partial charge in [-0.15, -0.1) is 0 Å². The molecule has 3 aromatic carbocycles. The number of carbonyl (C=O) groups is 3. The van der Waals surface area contributed by atoms with Crippen molar-refractivity contribution in [2.75, 3.05) is 12.0 Å². The van der Waals surface area contributed by atoms with Crippen LogP contribution < -0.4 is 9.64 Å². The lowest BCUT2D eigenvalue weighted by Crippen LogP contribution is -2.29. The molecule has 7 heteroatoms. The van der Waals surface area contributed by atoms with Gasteiger partial charge in [0, 0.05) is 11.3 Å². The van der Waals surface area contributed by atoms with Crippen LogP contribution in [-0.2, 0) is 14.3 Å².